The number of aromatic nitrogens is 4. The van der Waals surface area contributed by atoms with Crippen LogP contribution in [0.5, 0.6) is 0 Å². The molecule has 0 N–H and O–H groups in total. The molecule has 0 unspecified atom stereocenters. The summed E-state index contributed by atoms with van der Waals surface area (Å²) >= 11 is 1.40. The van der Waals surface area contributed by atoms with Crippen molar-refractivity contribution >= 4 is 33.8 Å². The molecule has 9 heteroatoms. The van der Waals surface area contributed by atoms with E-state index in [1.165, 1.54) is 11.8 Å². The van der Waals surface area contributed by atoms with E-state index in [9.17, 15) is 10.4 Å². The summed E-state index contributed by atoms with van der Waals surface area (Å²) < 4.78 is 9.04. The summed E-state index contributed by atoms with van der Waals surface area (Å²) in [6.45, 7) is 0. The van der Waals surface area contributed by atoms with E-state index in [0.717, 1.165) is 9.79 Å². The molecule has 0 bridgehead atoms. The van der Waals surface area contributed by atoms with Crippen LogP contribution >= 0.6 is 11.8 Å². The summed E-state index contributed by atoms with van der Waals surface area (Å²) in [6.07, 6.45) is 0. The summed E-state index contributed by atoms with van der Waals surface area (Å²) in [4.78, 5) is 2.36. The molecule has 0 aliphatic carbocycles. The molecule has 0 spiro atoms. The summed E-state index contributed by atoms with van der Waals surface area (Å²) in [6, 6.07) is 10.4. The highest BCUT2D eigenvalue weighted by atomic mass is 32.2. The second-order valence-electron chi connectivity index (χ2n) is 4.26. The molecule has 2 aromatic heterocycles. The highest BCUT2D eigenvalue weighted by molar-refractivity contribution is 7.99. The van der Waals surface area contributed by atoms with Crippen LogP contribution in [0.25, 0.3) is 22.1 Å². The van der Waals surface area contributed by atoms with Crippen LogP contribution < -0.4 is 9.81 Å². The first-order valence-electron chi connectivity index (χ1n) is 5.87. The average Bonchev–Trinajstić information content (AvgIpc) is 3.04. The number of nitrogens with zero attached hydrogens (tertiary/aromatic N) is 4. The van der Waals surface area contributed by atoms with Gasteiger partial charge in [0.1, 0.15) is 0 Å². The Hall–Kier alpha value is -2.81. The molecule has 0 amide bonds. The smallest absolute Gasteiger partial charge is 0.248 e. The molecule has 0 saturated carbocycles. The van der Waals surface area contributed by atoms with Crippen molar-refractivity contribution in [1.82, 2.24) is 10.3 Å². The van der Waals surface area contributed by atoms with Gasteiger partial charge in [-0.05, 0) is 34.1 Å². The van der Waals surface area contributed by atoms with E-state index in [1.807, 2.05) is 12.1 Å². The van der Waals surface area contributed by atoms with Gasteiger partial charge in [-0.25, -0.2) is 0 Å². The molecule has 0 aliphatic heterocycles. The first-order chi connectivity index (χ1) is 10.2. The van der Waals surface area contributed by atoms with Crippen LogP contribution in [0.3, 0.4) is 0 Å². The van der Waals surface area contributed by atoms with Gasteiger partial charge in [0.15, 0.2) is 0 Å². The maximum absolute atomic E-state index is 11.4. The molecule has 21 heavy (non-hydrogen) atoms. The summed E-state index contributed by atoms with van der Waals surface area (Å²) in [5.74, 6) is 0. The molecular weight excluding hydrogens is 296 g/mol. The molecule has 0 radical (unpaired) electrons. The molecule has 8 nitrogen and oxygen atoms in total. The quantitative estimate of drug-likeness (QED) is 0.515. The van der Waals surface area contributed by atoms with Gasteiger partial charge in [0.2, 0.25) is 22.1 Å². The first-order valence-corrected chi connectivity index (χ1v) is 6.69. The summed E-state index contributed by atoms with van der Waals surface area (Å²) in [7, 11) is 0. The van der Waals surface area contributed by atoms with Crippen LogP contribution in [-0.4, -0.2) is 10.3 Å². The van der Waals surface area contributed by atoms with Gasteiger partial charge in [-0.2, -0.15) is 0 Å². The minimum atomic E-state index is 0.352. The lowest BCUT2D eigenvalue weighted by Gasteiger charge is -2.00. The van der Waals surface area contributed by atoms with Crippen LogP contribution in [0.2, 0.25) is 0 Å². The van der Waals surface area contributed by atoms with Gasteiger partial charge in [0, 0.05) is 32.2 Å². The standard InChI is InChI=1S/C12H6N4O4S/c17-15-11-5-7(1-3-9(11)13-19-15)21-8-2-4-10-12(6-8)16(18)20-14-10/h1-6H. The van der Waals surface area contributed by atoms with Crippen molar-refractivity contribution in [2.75, 3.05) is 0 Å². The SMILES string of the molecule is [O-][n+]1onc2ccc(Sc3ccc4no[n+]([O-])c4c3)cc21. The zero-order valence-electron chi connectivity index (χ0n) is 10.3. The Morgan fingerprint density at radius 1 is 0.810 bits per heavy atom. The third-order valence-corrected chi connectivity index (χ3v) is 3.93. The van der Waals surface area contributed by atoms with Gasteiger partial charge in [-0.3, -0.25) is 9.26 Å². The molecule has 0 atom stereocenters. The molecule has 104 valence electrons. The number of benzene rings is 2. The summed E-state index contributed by atoms with van der Waals surface area (Å²) in [5.41, 5.74) is 1.68. The maximum Gasteiger partial charge on any atom is 0.248 e. The second kappa shape index (κ2) is 4.35. The van der Waals surface area contributed by atoms with Crippen LogP contribution in [0.1, 0.15) is 0 Å². The zero-order chi connectivity index (χ0) is 14.4. The van der Waals surface area contributed by atoms with Crippen molar-refractivity contribution in [2.45, 2.75) is 9.79 Å². The van der Waals surface area contributed by atoms with Crippen molar-refractivity contribution in [3.05, 3.63) is 46.8 Å². The fourth-order valence-corrected chi connectivity index (χ4v) is 2.85. The lowest BCUT2D eigenvalue weighted by atomic mass is 10.3. The highest BCUT2D eigenvalue weighted by Gasteiger charge is 2.13. The topological polar surface area (TPSA) is 106 Å². The Labute approximate surface area is 120 Å². The fourth-order valence-electron chi connectivity index (χ4n) is 1.97. The highest BCUT2D eigenvalue weighted by Crippen LogP contribution is 2.30. The van der Waals surface area contributed by atoms with Crippen LogP contribution in [0, 0.1) is 10.4 Å². The van der Waals surface area contributed by atoms with Crippen molar-refractivity contribution in [3.63, 3.8) is 0 Å². The van der Waals surface area contributed by atoms with Crippen molar-refractivity contribution in [2.24, 2.45) is 0 Å². The summed E-state index contributed by atoms with van der Waals surface area (Å²) in [5, 5.41) is 30.0. The first kappa shape index (κ1) is 12.0. The van der Waals surface area contributed by atoms with Crippen LogP contribution in [-0.2, 0) is 0 Å². The molecule has 2 heterocycles. The van der Waals surface area contributed by atoms with Crippen molar-refractivity contribution in [3.8, 4) is 0 Å². The molecule has 2 aromatic carbocycles. The molecule has 0 saturated heterocycles. The molecule has 0 fully saturated rings. The van der Waals surface area contributed by atoms with E-state index in [2.05, 4.69) is 19.6 Å². The number of hydrogen-bond donors (Lipinski definition) is 0. The number of rotatable bonds is 2. The average molecular weight is 302 g/mol. The monoisotopic (exact) mass is 302 g/mol. The van der Waals surface area contributed by atoms with E-state index in [1.54, 1.807) is 24.3 Å². The second-order valence-corrected chi connectivity index (χ2v) is 5.41. The minimum absolute atomic E-state index is 0.352. The van der Waals surface area contributed by atoms with Gasteiger partial charge >= 0.3 is 0 Å². The van der Waals surface area contributed by atoms with Crippen molar-refractivity contribution < 1.29 is 19.1 Å². The Bertz CT molecular complexity index is 886. The predicted molar refractivity (Wildman–Crippen MR) is 70.1 cm³/mol. The normalized spacial score (nSPS) is 11.4. The van der Waals surface area contributed by atoms with Gasteiger partial charge in [-0.15, -0.1) is 0 Å². The third-order valence-electron chi connectivity index (χ3n) is 2.95. The van der Waals surface area contributed by atoms with Gasteiger partial charge in [0.05, 0.1) is 0 Å². The van der Waals surface area contributed by atoms with E-state index < -0.39 is 0 Å². The van der Waals surface area contributed by atoms with Crippen LogP contribution in [0.15, 0.2) is 55.4 Å². The Morgan fingerprint density at radius 2 is 1.29 bits per heavy atom. The van der Waals surface area contributed by atoms with E-state index in [4.69, 9.17) is 0 Å². The molecule has 0 aliphatic rings. The minimum Gasteiger partial charge on any atom is -0.359 e. The fraction of sp³-hybridized carbons (Fsp3) is 0. The van der Waals surface area contributed by atoms with Gasteiger partial charge < -0.3 is 10.4 Å². The number of hydrogen-bond acceptors (Lipinski definition) is 7. The number of fused-ring (bicyclic) bond motifs is 2. The molecule has 4 rings (SSSR count). The largest absolute Gasteiger partial charge is 0.359 e. The van der Waals surface area contributed by atoms with Crippen LogP contribution in [0.4, 0.5) is 0 Å². The van der Waals surface area contributed by atoms with Crippen molar-refractivity contribution in [1.29, 1.82) is 0 Å². The molecule has 4 aromatic rings. The Morgan fingerprint density at radius 3 is 1.76 bits per heavy atom. The van der Waals surface area contributed by atoms with Gasteiger partial charge in [0.25, 0.3) is 0 Å². The zero-order valence-corrected chi connectivity index (χ0v) is 11.1. The van der Waals surface area contributed by atoms with E-state index >= 15 is 0 Å². The molecular formula is C12H6N4O4S. The maximum atomic E-state index is 11.4. The third kappa shape index (κ3) is 1.94. The van der Waals surface area contributed by atoms with E-state index in [-0.39, 0.29) is 0 Å². The van der Waals surface area contributed by atoms with Gasteiger partial charge in [-0.1, -0.05) is 11.8 Å². The lowest BCUT2D eigenvalue weighted by molar-refractivity contribution is -0.782. The lowest BCUT2D eigenvalue weighted by Crippen LogP contribution is -2.22. The Balaban J connectivity index is 1.74. The van der Waals surface area contributed by atoms with E-state index in [0.29, 0.717) is 31.9 Å². The Kier molecular flexibility index (Phi) is 2.48. The predicted octanol–water partition coefficient (Wildman–Crippen LogP) is 1.39.